The molecule has 1 atom stereocenters. The lowest BCUT2D eigenvalue weighted by molar-refractivity contribution is -0.00950. The normalized spacial score (nSPS) is 22.9. The number of hydrogen-bond acceptors (Lipinski definition) is 3. The molecule has 0 aromatic rings. The molecule has 0 amide bonds. The Morgan fingerprint density at radius 2 is 1.65 bits per heavy atom. The van der Waals surface area contributed by atoms with Crippen molar-refractivity contribution in [3.05, 3.63) is 0 Å². The topological polar surface area (TPSA) is 32.5 Å². The SMILES string of the molecule is CCC1CN(C(CN)(CC(C)C)CC(C)C)CCN1C. The average molecular weight is 284 g/mol. The highest BCUT2D eigenvalue weighted by atomic mass is 15.3. The van der Waals surface area contributed by atoms with Crippen LogP contribution in [0.25, 0.3) is 0 Å². The fraction of sp³-hybridized carbons (Fsp3) is 1.00. The smallest absolute Gasteiger partial charge is 0.0337 e. The van der Waals surface area contributed by atoms with Crippen molar-refractivity contribution in [3.63, 3.8) is 0 Å². The summed E-state index contributed by atoms with van der Waals surface area (Å²) in [4.78, 5) is 5.24. The van der Waals surface area contributed by atoms with Crippen molar-refractivity contribution < 1.29 is 0 Å². The van der Waals surface area contributed by atoms with E-state index in [1.165, 1.54) is 38.9 Å². The van der Waals surface area contributed by atoms with E-state index in [0.717, 1.165) is 6.54 Å². The molecule has 0 aliphatic carbocycles. The van der Waals surface area contributed by atoms with Crippen LogP contribution in [-0.2, 0) is 0 Å². The second-order valence-electron chi connectivity index (χ2n) is 7.61. The number of rotatable bonds is 7. The molecule has 3 nitrogen and oxygen atoms in total. The zero-order valence-electron chi connectivity index (χ0n) is 14.7. The van der Waals surface area contributed by atoms with Gasteiger partial charge in [0.25, 0.3) is 0 Å². The van der Waals surface area contributed by atoms with E-state index in [0.29, 0.717) is 17.9 Å². The average Bonchev–Trinajstić information content (AvgIpc) is 2.37. The first-order chi connectivity index (χ1) is 9.34. The Kier molecular flexibility index (Phi) is 6.96. The highest BCUT2D eigenvalue weighted by Gasteiger charge is 2.39. The summed E-state index contributed by atoms with van der Waals surface area (Å²) in [5.74, 6) is 1.41. The van der Waals surface area contributed by atoms with E-state index in [-0.39, 0.29) is 5.54 Å². The van der Waals surface area contributed by atoms with Gasteiger partial charge in [-0.15, -0.1) is 0 Å². The van der Waals surface area contributed by atoms with Crippen molar-refractivity contribution in [2.24, 2.45) is 17.6 Å². The van der Waals surface area contributed by atoms with Crippen molar-refractivity contribution in [3.8, 4) is 0 Å². The highest BCUT2D eigenvalue weighted by Crippen LogP contribution is 2.32. The summed E-state index contributed by atoms with van der Waals surface area (Å²) in [5, 5.41) is 0. The molecule has 1 heterocycles. The molecule has 3 heteroatoms. The van der Waals surface area contributed by atoms with Crippen LogP contribution in [0.3, 0.4) is 0 Å². The van der Waals surface area contributed by atoms with E-state index in [2.05, 4.69) is 51.5 Å². The number of nitrogens with zero attached hydrogens (tertiary/aromatic N) is 2. The minimum atomic E-state index is 0.205. The van der Waals surface area contributed by atoms with E-state index < -0.39 is 0 Å². The maximum Gasteiger partial charge on any atom is 0.0337 e. The van der Waals surface area contributed by atoms with E-state index >= 15 is 0 Å². The van der Waals surface area contributed by atoms with Crippen LogP contribution in [0, 0.1) is 11.8 Å². The van der Waals surface area contributed by atoms with Gasteiger partial charge >= 0.3 is 0 Å². The van der Waals surface area contributed by atoms with Gasteiger partial charge in [0.15, 0.2) is 0 Å². The van der Waals surface area contributed by atoms with Gasteiger partial charge in [-0.3, -0.25) is 4.90 Å². The molecule has 0 aromatic carbocycles. The van der Waals surface area contributed by atoms with Crippen molar-refractivity contribution in [2.45, 2.75) is 65.5 Å². The zero-order valence-corrected chi connectivity index (χ0v) is 14.7. The van der Waals surface area contributed by atoms with Crippen molar-refractivity contribution in [2.75, 3.05) is 33.2 Å². The van der Waals surface area contributed by atoms with Crippen LogP contribution in [-0.4, -0.2) is 54.6 Å². The third kappa shape index (κ3) is 4.44. The molecule has 1 unspecified atom stereocenters. The summed E-state index contributed by atoms with van der Waals surface area (Å²) in [6.07, 6.45) is 3.68. The van der Waals surface area contributed by atoms with Crippen molar-refractivity contribution in [1.82, 2.24) is 9.80 Å². The van der Waals surface area contributed by atoms with Crippen LogP contribution in [0.5, 0.6) is 0 Å². The van der Waals surface area contributed by atoms with E-state index in [1.54, 1.807) is 0 Å². The van der Waals surface area contributed by atoms with Crippen LogP contribution in [0.15, 0.2) is 0 Å². The van der Waals surface area contributed by atoms with Crippen LogP contribution in [0.2, 0.25) is 0 Å². The molecule has 0 radical (unpaired) electrons. The molecular weight excluding hydrogens is 246 g/mol. The molecule has 2 N–H and O–H groups in total. The molecule has 20 heavy (non-hydrogen) atoms. The largest absolute Gasteiger partial charge is 0.329 e. The summed E-state index contributed by atoms with van der Waals surface area (Å²) in [7, 11) is 2.26. The zero-order chi connectivity index (χ0) is 15.3. The van der Waals surface area contributed by atoms with Gasteiger partial charge in [-0.1, -0.05) is 34.6 Å². The third-order valence-electron chi connectivity index (χ3n) is 4.88. The van der Waals surface area contributed by atoms with E-state index in [9.17, 15) is 0 Å². The van der Waals surface area contributed by atoms with Crippen molar-refractivity contribution >= 4 is 0 Å². The Morgan fingerprint density at radius 1 is 1.10 bits per heavy atom. The molecule has 1 aliphatic rings. The first-order valence-corrected chi connectivity index (χ1v) is 8.50. The van der Waals surface area contributed by atoms with Gasteiger partial charge in [-0.25, -0.2) is 0 Å². The maximum atomic E-state index is 6.30. The molecule has 0 bridgehead atoms. The fourth-order valence-corrected chi connectivity index (χ4v) is 3.97. The van der Waals surface area contributed by atoms with Gasteiger partial charge < -0.3 is 10.6 Å². The number of piperazine rings is 1. The Morgan fingerprint density at radius 3 is 2.05 bits per heavy atom. The summed E-state index contributed by atoms with van der Waals surface area (Å²) < 4.78 is 0. The minimum absolute atomic E-state index is 0.205. The Labute approximate surface area is 126 Å². The lowest BCUT2D eigenvalue weighted by atomic mass is 9.79. The van der Waals surface area contributed by atoms with Crippen LogP contribution < -0.4 is 5.73 Å². The Bertz CT molecular complexity index is 265. The molecule has 1 fully saturated rings. The third-order valence-corrected chi connectivity index (χ3v) is 4.88. The van der Waals surface area contributed by atoms with Gasteiger partial charge in [0.2, 0.25) is 0 Å². The van der Waals surface area contributed by atoms with Gasteiger partial charge in [0, 0.05) is 37.8 Å². The predicted molar refractivity (Wildman–Crippen MR) is 89.0 cm³/mol. The molecular formula is C17H37N3. The van der Waals surface area contributed by atoms with Crippen LogP contribution in [0.4, 0.5) is 0 Å². The van der Waals surface area contributed by atoms with Crippen LogP contribution in [0.1, 0.15) is 53.9 Å². The van der Waals surface area contributed by atoms with Crippen LogP contribution >= 0.6 is 0 Å². The van der Waals surface area contributed by atoms with Gasteiger partial charge in [-0.2, -0.15) is 0 Å². The molecule has 1 rings (SSSR count). The summed E-state index contributed by atoms with van der Waals surface area (Å²) in [6.45, 7) is 16.0. The summed E-state index contributed by atoms with van der Waals surface area (Å²) in [6, 6.07) is 0.689. The number of nitrogens with two attached hydrogens (primary N) is 1. The van der Waals surface area contributed by atoms with E-state index in [1.807, 2.05) is 0 Å². The lowest BCUT2D eigenvalue weighted by Gasteiger charge is -2.51. The molecule has 0 spiro atoms. The van der Waals surface area contributed by atoms with Gasteiger partial charge in [0.05, 0.1) is 0 Å². The lowest BCUT2D eigenvalue weighted by Crippen LogP contribution is -2.63. The predicted octanol–water partition coefficient (Wildman–Crippen LogP) is 2.80. The second-order valence-corrected chi connectivity index (χ2v) is 7.61. The summed E-state index contributed by atoms with van der Waals surface area (Å²) >= 11 is 0. The molecule has 1 aliphatic heterocycles. The summed E-state index contributed by atoms with van der Waals surface area (Å²) in [5.41, 5.74) is 6.51. The Hall–Kier alpha value is -0.120. The Balaban J connectivity index is 2.91. The standard InChI is InChI=1S/C17H37N3/c1-7-16-12-20(9-8-19(16)6)17(13-18,10-14(2)3)11-15(4)5/h14-16H,7-13,18H2,1-6H3. The molecule has 120 valence electrons. The van der Waals surface area contributed by atoms with Crippen molar-refractivity contribution in [1.29, 1.82) is 0 Å². The highest BCUT2D eigenvalue weighted by molar-refractivity contribution is 4.97. The minimum Gasteiger partial charge on any atom is -0.329 e. The van der Waals surface area contributed by atoms with Gasteiger partial charge in [0.1, 0.15) is 0 Å². The molecule has 0 saturated carbocycles. The first kappa shape index (κ1) is 17.9. The number of hydrogen-bond donors (Lipinski definition) is 1. The second kappa shape index (κ2) is 7.77. The molecule has 0 aromatic heterocycles. The van der Waals surface area contributed by atoms with E-state index in [4.69, 9.17) is 5.73 Å². The quantitative estimate of drug-likeness (QED) is 0.780. The fourth-order valence-electron chi connectivity index (χ4n) is 3.97. The number of likely N-dealkylation sites (N-methyl/N-ethyl adjacent to an activating group) is 1. The monoisotopic (exact) mass is 283 g/mol. The van der Waals surface area contributed by atoms with Gasteiger partial charge in [-0.05, 0) is 38.1 Å². The first-order valence-electron chi connectivity index (χ1n) is 8.50. The maximum absolute atomic E-state index is 6.30. The molecule has 1 saturated heterocycles.